The zero-order valence-electron chi connectivity index (χ0n) is 18.0. The SMILES string of the molecule is Cc1ccc(OCC(=O)N(Cc2ccc(Cl)cc2Cl)[C@@H](C)C(=O)NC(C)C)cc1C. The van der Waals surface area contributed by atoms with Gasteiger partial charge in [0.25, 0.3) is 5.91 Å². The molecule has 30 heavy (non-hydrogen) atoms. The van der Waals surface area contributed by atoms with Crippen LogP contribution in [0.4, 0.5) is 0 Å². The van der Waals surface area contributed by atoms with Crippen molar-refractivity contribution in [2.45, 2.75) is 53.2 Å². The minimum atomic E-state index is -0.699. The summed E-state index contributed by atoms with van der Waals surface area (Å²) in [6.07, 6.45) is 0. The largest absolute Gasteiger partial charge is 0.484 e. The van der Waals surface area contributed by atoms with Crippen molar-refractivity contribution in [2.24, 2.45) is 0 Å². The second kappa shape index (κ2) is 10.7. The molecule has 0 saturated carbocycles. The van der Waals surface area contributed by atoms with Gasteiger partial charge in [-0.25, -0.2) is 0 Å². The fraction of sp³-hybridized carbons (Fsp3) is 0.391. The first kappa shape index (κ1) is 24.0. The van der Waals surface area contributed by atoms with E-state index >= 15 is 0 Å². The Morgan fingerprint density at radius 3 is 2.33 bits per heavy atom. The van der Waals surface area contributed by atoms with Crippen LogP contribution in [0.5, 0.6) is 5.75 Å². The van der Waals surface area contributed by atoms with E-state index in [4.69, 9.17) is 27.9 Å². The first-order valence-corrected chi connectivity index (χ1v) is 10.6. The molecule has 0 fully saturated rings. The van der Waals surface area contributed by atoms with E-state index in [1.807, 2.05) is 45.9 Å². The van der Waals surface area contributed by atoms with Crippen LogP contribution in [0.25, 0.3) is 0 Å². The maximum absolute atomic E-state index is 13.0. The summed E-state index contributed by atoms with van der Waals surface area (Å²) in [5.41, 5.74) is 2.92. The van der Waals surface area contributed by atoms with Crippen molar-refractivity contribution in [1.82, 2.24) is 10.2 Å². The Labute approximate surface area is 188 Å². The summed E-state index contributed by atoms with van der Waals surface area (Å²) < 4.78 is 5.71. The number of nitrogens with zero attached hydrogens (tertiary/aromatic N) is 1. The van der Waals surface area contributed by atoms with E-state index in [9.17, 15) is 9.59 Å². The van der Waals surface area contributed by atoms with Gasteiger partial charge in [0.15, 0.2) is 6.61 Å². The smallest absolute Gasteiger partial charge is 0.261 e. The topological polar surface area (TPSA) is 58.6 Å². The van der Waals surface area contributed by atoms with E-state index in [2.05, 4.69) is 5.32 Å². The fourth-order valence-electron chi connectivity index (χ4n) is 2.85. The van der Waals surface area contributed by atoms with Crippen molar-refractivity contribution in [3.63, 3.8) is 0 Å². The maximum Gasteiger partial charge on any atom is 0.261 e. The monoisotopic (exact) mass is 450 g/mol. The highest BCUT2D eigenvalue weighted by atomic mass is 35.5. The number of amides is 2. The summed E-state index contributed by atoms with van der Waals surface area (Å²) in [5, 5.41) is 3.79. The third kappa shape index (κ3) is 6.64. The number of aryl methyl sites for hydroxylation is 2. The van der Waals surface area contributed by atoms with Crippen LogP contribution in [-0.4, -0.2) is 35.4 Å². The Balaban J connectivity index is 2.20. The average molecular weight is 451 g/mol. The van der Waals surface area contributed by atoms with Crippen molar-refractivity contribution in [1.29, 1.82) is 0 Å². The molecule has 162 valence electrons. The number of hydrogen-bond acceptors (Lipinski definition) is 3. The van der Waals surface area contributed by atoms with Gasteiger partial charge in [-0.05, 0) is 75.6 Å². The Kier molecular flexibility index (Phi) is 8.56. The van der Waals surface area contributed by atoms with E-state index in [0.717, 1.165) is 11.1 Å². The third-order valence-corrected chi connectivity index (χ3v) is 5.38. The zero-order valence-corrected chi connectivity index (χ0v) is 19.5. The third-order valence-electron chi connectivity index (χ3n) is 4.79. The zero-order chi connectivity index (χ0) is 22.4. The molecule has 0 aromatic heterocycles. The summed E-state index contributed by atoms with van der Waals surface area (Å²) in [4.78, 5) is 27.1. The first-order valence-electron chi connectivity index (χ1n) is 9.82. The molecule has 2 rings (SSSR count). The predicted octanol–water partition coefficient (Wildman–Crippen LogP) is 4.93. The van der Waals surface area contributed by atoms with Gasteiger partial charge >= 0.3 is 0 Å². The van der Waals surface area contributed by atoms with Crippen molar-refractivity contribution in [2.75, 3.05) is 6.61 Å². The molecule has 7 heteroatoms. The number of carbonyl (C=O) groups excluding carboxylic acids is 2. The fourth-order valence-corrected chi connectivity index (χ4v) is 3.32. The van der Waals surface area contributed by atoms with Gasteiger partial charge in [0, 0.05) is 22.6 Å². The van der Waals surface area contributed by atoms with Crippen LogP contribution in [-0.2, 0) is 16.1 Å². The Morgan fingerprint density at radius 1 is 1.03 bits per heavy atom. The summed E-state index contributed by atoms with van der Waals surface area (Å²) in [5.74, 6) is 0.0514. The van der Waals surface area contributed by atoms with Crippen LogP contribution < -0.4 is 10.1 Å². The molecular weight excluding hydrogens is 423 g/mol. The minimum Gasteiger partial charge on any atom is -0.484 e. The molecule has 1 N–H and O–H groups in total. The van der Waals surface area contributed by atoms with Crippen LogP contribution >= 0.6 is 23.2 Å². The standard InChI is InChI=1S/C23H28Cl2N2O3/c1-14(2)26-23(29)17(5)27(12-18-7-8-19(24)11-21(18)25)22(28)13-30-20-9-6-15(3)16(4)10-20/h6-11,14,17H,12-13H2,1-5H3,(H,26,29)/t17-/m0/s1. The maximum atomic E-state index is 13.0. The summed E-state index contributed by atoms with van der Waals surface area (Å²) in [6, 6.07) is 9.99. The second-order valence-electron chi connectivity index (χ2n) is 7.63. The molecule has 0 heterocycles. The van der Waals surface area contributed by atoms with Gasteiger partial charge in [-0.2, -0.15) is 0 Å². The number of carbonyl (C=O) groups is 2. The highest BCUT2D eigenvalue weighted by Crippen LogP contribution is 2.23. The van der Waals surface area contributed by atoms with E-state index < -0.39 is 6.04 Å². The number of halogens is 2. The summed E-state index contributed by atoms with van der Waals surface area (Å²) >= 11 is 12.3. The molecule has 5 nitrogen and oxygen atoms in total. The minimum absolute atomic E-state index is 0.0391. The predicted molar refractivity (Wildman–Crippen MR) is 121 cm³/mol. The van der Waals surface area contributed by atoms with Gasteiger partial charge in [0.1, 0.15) is 11.8 Å². The molecule has 0 radical (unpaired) electrons. The van der Waals surface area contributed by atoms with E-state index in [1.165, 1.54) is 4.90 Å². The molecule has 0 bridgehead atoms. The quantitative estimate of drug-likeness (QED) is 0.619. The van der Waals surface area contributed by atoms with Crippen LogP contribution in [0, 0.1) is 13.8 Å². The molecule has 0 aliphatic heterocycles. The van der Waals surface area contributed by atoms with Gasteiger partial charge in [0.2, 0.25) is 5.91 Å². The molecule has 0 aliphatic carbocycles. The number of nitrogens with one attached hydrogen (secondary N) is 1. The lowest BCUT2D eigenvalue weighted by molar-refractivity contribution is -0.142. The van der Waals surface area contributed by atoms with Crippen molar-refractivity contribution < 1.29 is 14.3 Å². The lowest BCUT2D eigenvalue weighted by Crippen LogP contribution is -2.50. The van der Waals surface area contributed by atoms with Crippen LogP contribution in [0.1, 0.15) is 37.5 Å². The number of ether oxygens (including phenoxy) is 1. The highest BCUT2D eigenvalue weighted by molar-refractivity contribution is 6.35. The molecular formula is C23H28Cl2N2O3. The van der Waals surface area contributed by atoms with Crippen LogP contribution in [0.2, 0.25) is 10.0 Å². The Bertz CT molecular complexity index is 915. The van der Waals surface area contributed by atoms with E-state index in [-0.39, 0.29) is 31.0 Å². The molecule has 0 saturated heterocycles. The van der Waals surface area contributed by atoms with E-state index in [1.54, 1.807) is 25.1 Å². The van der Waals surface area contributed by atoms with Crippen LogP contribution in [0.3, 0.4) is 0 Å². The normalized spacial score (nSPS) is 11.9. The number of hydrogen-bond donors (Lipinski definition) is 1. The van der Waals surface area contributed by atoms with Crippen molar-refractivity contribution in [3.8, 4) is 5.75 Å². The molecule has 1 atom stereocenters. The van der Waals surface area contributed by atoms with Gasteiger partial charge in [-0.1, -0.05) is 35.3 Å². The number of benzene rings is 2. The average Bonchev–Trinajstić information content (AvgIpc) is 2.67. The lowest BCUT2D eigenvalue weighted by atomic mass is 10.1. The molecule has 0 unspecified atom stereocenters. The molecule has 2 aromatic carbocycles. The first-order chi connectivity index (χ1) is 14.1. The van der Waals surface area contributed by atoms with Crippen molar-refractivity contribution >= 4 is 35.0 Å². The van der Waals surface area contributed by atoms with Gasteiger partial charge in [-0.3, -0.25) is 9.59 Å². The Morgan fingerprint density at radius 2 is 1.73 bits per heavy atom. The van der Waals surface area contributed by atoms with E-state index in [0.29, 0.717) is 21.4 Å². The Hall–Kier alpha value is -2.24. The van der Waals surface area contributed by atoms with Crippen molar-refractivity contribution in [3.05, 3.63) is 63.1 Å². The lowest BCUT2D eigenvalue weighted by Gasteiger charge is -2.29. The second-order valence-corrected chi connectivity index (χ2v) is 8.48. The summed E-state index contributed by atoms with van der Waals surface area (Å²) in [6.45, 7) is 9.40. The van der Waals surface area contributed by atoms with Gasteiger partial charge < -0.3 is 15.0 Å². The van der Waals surface area contributed by atoms with Gasteiger partial charge in [0.05, 0.1) is 0 Å². The molecule has 2 aromatic rings. The number of rotatable bonds is 8. The molecule has 0 aliphatic rings. The molecule has 0 spiro atoms. The summed E-state index contributed by atoms with van der Waals surface area (Å²) in [7, 11) is 0. The highest BCUT2D eigenvalue weighted by Gasteiger charge is 2.27. The van der Waals surface area contributed by atoms with Crippen LogP contribution in [0.15, 0.2) is 36.4 Å². The van der Waals surface area contributed by atoms with Gasteiger partial charge in [-0.15, -0.1) is 0 Å². The molecule has 2 amide bonds.